The number of amides is 1. The second-order valence-corrected chi connectivity index (χ2v) is 6.81. The van der Waals surface area contributed by atoms with E-state index in [1.54, 1.807) is 0 Å². The number of halogens is 2. The zero-order valence-corrected chi connectivity index (χ0v) is 16.3. The molecule has 3 aromatic rings. The van der Waals surface area contributed by atoms with E-state index in [2.05, 4.69) is 0 Å². The first-order valence-electron chi connectivity index (χ1n) is 9.32. The van der Waals surface area contributed by atoms with Crippen LogP contribution in [-0.4, -0.2) is 36.0 Å². The third kappa shape index (κ3) is 4.29. The predicted molar refractivity (Wildman–Crippen MR) is 105 cm³/mol. The van der Waals surface area contributed by atoms with Crippen LogP contribution in [0.3, 0.4) is 0 Å². The average molecular weight is 443 g/mol. The highest BCUT2D eigenvalue weighted by Gasteiger charge is 2.28. The van der Waals surface area contributed by atoms with Gasteiger partial charge in [0.05, 0.1) is 12.2 Å². The van der Waals surface area contributed by atoms with Gasteiger partial charge in [-0.1, -0.05) is 0 Å². The Labute approximate surface area is 179 Å². The standard InChI is InChI=1S/C22H15F2NO7/c23-13-2-5-18(15(24)8-13)30-10-17(26)12-1-4-19-16(7-12)25(21(27)11-31-19)9-14-3-6-20(32-14)22(28)29/h1-8H,9-11H2,(H,28,29). The van der Waals surface area contributed by atoms with Gasteiger partial charge in [-0.15, -0.1) is 0 Å². The second-order valence-electron chi connectivity index (χ2n) is 6.81. The SMILES string of the molecule is O=C(COc1ccc(F)cc1F)c1ccc2c(c1)N(Cc1ccc(C(=O)O)o1)C(=O)CO2. The first-order chi connectivity index (χ1) is 15.3. The molecule has 4 rings (SSSR count). The molecule has 1 N–H and O–H groups in total. The maximum absolute atomic E-state index is 13.7. The smallest absolute Gasteiger partial charge is 0.371 e. The fourth-order valence-electron chi connectivity index (χ4n) is 3.10. The van der Waals surface area contributed by atoms with Crippen molar-refractivity contribution in [3.8, 4) is 11.5 Å². The Morgan fingerprint density at radius 2 is 1.91 bits per heavy atom. The van der Waals surface area contributed by atoms with Gasteiger partial charge in [-0.3, -0.25) is 14.5 Å². The Morgan fingerprint density at radius 1 is 1.09 bits per heavy atom. The van der Waals surface area contributed by atoms with E-state index in [9.17, 15) is 23.2 Å². The lowest BCUT2D eigenvalue weighted by Gasteiger charge is -2.29. The summed E-state index contributed by atoms with van der Waals surface area (Å²) in [5.41, 5.74) is 0.452. The number of fused-ring (bicyclic) bond motifs is 1. The number of ether oxygens (including phenoxy) is 2. The molecule has 0 saturated carbocycles. The van der Waals surface area contributed by atoms with Crippen LogP contribution in [0, 0.1) is 11.6 Å². The molecule has 1 aliphatic rings. The fraction of sp³-hybridized carbons (Fsp3) is 0.136. The van der Waals surface area contributed by atoms with E-state index in [1.165, 1.54) is 35.2 Å². The third-order valence-corrected chi connectivity index (χ3v) is 4.66. The van der Waals surface area contributed by atoms with Gasteiger partial charge in [0, 0.05) is 11.6 Å². The number of benzene rings is 2. The van der Waals surface area contributed by atoms with Crippen molar-refractivity contribution < 1.29 is 42.2 Å². The number of hydrogen-bond donors (Lipinski definition) is 1. The molecule has 0 aliphatic carbocycles. The van der Waals surface area contributed by atoms with Gasteiger partial charge in [-0.2, -0.15) is 0 Å². The highest BCUT2D eigenvalue weighted by Crippen LogP contribution is 2.34. The summed E-state index contributed by atoms with van der Waals surface area (Å²) in [7, 11) is 0. The number of Topliss-reactive ketones (excluding diaryl/α,β-unsaturated/α-hetero) is 1. The fourth-order valence-corrected chi connectivity index (χ4v) is 3.10. The summed E-state index contributed by atoms with van der Waals surface area (Å²) < 4.78 is 42.4. The molecule has 1 aliphatic heterocycles. The second kappa shape index (κ2) is 8.50. The van der Waals surface area contributed by atoms with Crippen molar-refractivity contribution in [2.24, 2.45) is 0 Å². The van der Waals surface area contributed by atoms with E-state index in [-0.39, 0.29) is 41.7 Å². The number of hydrogen-bond acceptors (Lipinski definition) is 6. The zero-order chi connectivity index (χ0) is 22.8. The largest absolute Gasteiger partial charge is 0.482 e. The quantitative estimate of drug-likeness (QED) is 0.558. The van der Waals surface area contributed by atoms with Crippen LogP contribution in [0.4, 0.5) is 14.5 Å². The minimum absolute atomic E-state index is 0.0720. The highest BCUT2D eigenvalue weighted by molar-refractivity contribution is 6.02. The molecule has 0 atom stereocenters. The topological polar surface area (TPSA) is 106 Å². The molecule has 0 bridgehead atoms. The molecule has 32 heavy (non-hydrogen) atoms. The molecule has 1 aromatic heterocycles. The third-order valence-electron chi connectivity index (χ3n) is 4.66. The van der Waals surface area contributed by atoms with E-state index in [0.29, 0.717) is 11.8 Å². The number of carboxylic acids is 1. The summed E-state index contributed by atoms with van der Waals surface area (Å²) in [6.07, 6.45) is 0. The van der Waals surface area contributed by atoms with Crippen LogP contribution >= 0.6 is 0 Å². The number of carbonyl (C=O) groups excluding carboxylic acids is 2. The van der Waals surface area contributed by atoms with Crippen LogP contribution in [0.25, 0.3) is 0 Å². The van der Waals surface area contributed by atoms with E-state index in [4.69, 9.17) is 19.0 Å². The van der Waals surface area contributed by atoms with Gasteiger partial charge in [0.15, 0.2) is 30.6 Å². The van der Waals surface area contributed by atoms with Crippen molar-refractivity contribution in [2.75, 3.05) is 18.1 Å². The molecule has 0 radical (unpaired) electrons. The summed E-state index contributed by atoms with van der Waals surface area (Å²) in [6.45, 7) is -0.826. The lowest BCUT2D eigenvalue weighted by molar-refractivity contribution is -0.121. The number of aromatic carboxylic acids is 1. The van der Waals surface area contributed by atoms with E-state index >= 15 is 0 Å². The zero-order valence-electron chi connectivity index (χ0n) is 16.3. The number of ketones is 1. The molecule has 0 fully saturated rings. The van der Waals surface area contributed by atoms with Crippen molar-refractivity contribution in [1.29, 1.82) is 0 Å². The Bertz CT molecular complexity index is 1220. The maximum Gasteiger partial charge on any atom is 0.371 e. The van der Waals surface area contributed by atoms with E-state index < -0.39 is 35.9 Å². The molecule has 8 nitrogen and oxygen atoms in total. The van der Waals surface area contributed by atoms with Gasteiger partial charge in [0.1, 0.15) is 17.3 Å². The van der Waals surface area contributed by atoms with E-state index in [0.717, 1.165) is 12.1 Å². The lowest BCUT2D eigenvalue weighted by atomic mass is 10.1. The Hall–Kier alpha value is -4.21. The highest BCUT2D eigenvalue weighted by atomic mass is 19.1. The number of carboxylic acid groups (broad SMARTS) is 1. The number of furan rings is 1. The molecule has 1 amide bonds. The lowest BCUT2D eigenvalue weighted by Crippen LogP contribution is -2.38. The molecule has 0 saturated heterocycles. The summed E-state index contributed by atoms with van der Waals surface area (Å²) in [5.74, 6) is -3.84. The molecule has 0 spiro atoms. The number of carbonyl (C=O) groups is 3. The van der Waals surface area contributed by atoms with Crippen molar-refractivity contribution >= 4 is 23.3 Å². The summed E-state index contributed by atoms with van der Waals surface area (Å²) >= 11 is 0. The van der Waals surface area contributed by atoms with Crippen LogP contribution < -0.4 is 14.4 Å². The van der Waals surface area contributed by atoms with Gasteiger partial charge in [0.2, 0.25) is 5.76 Å². The minimum atomic E-state index is -1.24. The molecule has 164 valence electrons. The molecule has 2 aromatic carbocycles. The van der Waals surface area contributed by atoms with Crippen molar-refractivity contribution in [3.63, 3.8) is 0 Å². The number of nitrogens with zero attached hydrogens (tertiary/aromatic N) is 1. The number of anilines is 1. The first kappa shape index (κ1) is 21.0. The monoisotopic (exact) mass is 443 g/mol. The van der Waals surface area contributed by atoms with Crippen LogP contribution in [0.5, 0.6) is 11.5 Å². The summed E-state index contributed by atoms with van der Waals surface area (Å²) in [5, 5.41) is 8.99. The van der Waals surface area contributed by atoms with Gasteiger partial charge in [0.25, 0.3) is 5.91 Å². The predicted octanol–water partition coefficient (Wildman–Crippen LogP) is 3.44. The average Bonchev–Trinajstić information content (AvgIpc) is 3.24. The molecule has 0 unspecified atom stereocenters. The van der Waals surface area contributed by atoms with Gasteiger partial charge < -0.3 is 19.0 Å². The Morgan fingerprint density at radius 3 is 2.62 bits per heavy atom. The summed E-state index contributed by atoms with van der Waals surface area (Å²) in [6, 6.07) is 9.83. The van der Waals surface area contributed by atoms with E-state index in [1.807, 2.05) is 0 Å². The van der Waals surface area contributed by atoms with Gasteiger partial charge >= 0.3 is 5.97 Å². The van der Waals surface area contributed by atoms with Crippen LogP contribution in [0.15, 0.2) is 52.9 Å². The normalized spacial score (nSPS) is 12.8. The molecule has 10 heteroatoms. The molecular formula is C22H15F2NO7. The van der Waals surface area contributed by atoms with Crippen LogP contribution in [0.1, 0.15) is 26.7 Å². The minimum Gasteiger partial charge on any atom is -0.482 e. The van der Waals surface area contributed by atoms with Crippen LogP contribution in [0.2, 0.25) is 0 Å². The Kier molecular flexibility index (Phi) is 5.59. The summed E-state index contributed by atoms with van der Waals surface area (Å²) in [4.78, 5) is 37.3. The molecule has 2 heterocycles. The Balaban J connectivity index is 1.54. The van der Waals surface area contributed by atoms with Crippen molar-refractivity contribution in [2.45, 2.75) is 6.54 Å². The molecular weight excluding hydrogens is 428 g/mol. The van der Waals surface area contributed by atoms with Crippen molar-refractivity contribution in [1.82, 2.24) is 0 Å². The number of rotatable bonds is 7. The maximum atomic E-state index is 13.7. The van der Waals surface area contributed by atoms with Gasteiger partial charge in [-0.25, -0.2) is 13.6 Å². The van der Waals surface area contributed by atoms with Crippen LogP contribution in [-0.2, 0) is 11.3 Å². The first-order valence-corrected chi connectivity index (χ1v) is 9.32. The van der Waals surface area contributed by atoms with Gasteiger partial charge in [-0.05, 0) is 42.5 Å². The van der Waals surface area contributed by atoms with Crippen molar-refractivity contribution in [3.05, 3.63) is 77.2 Å².